The highest BCUT2D eigenvalue weighted by molar-refractivity contribution is 7.99. The summed E-state index contributed by atoms with van der Waals surface area (Å²) in [6.45, 7) is 6.22. The molecular weight excluding hydrogens is 572 g/mol. The zero-order valence-corrected chi connectivity index (χ0v) is 26.7. The Balaban J connectivity index is 1.54. The van der Waals surface area contributed by atoms with Gasteiger partial charge in [0.05, 0.1) is 24.5 Å². The minimum atomic E-state index is -0.874. The maximum absolute atomic E-state index is 13.8. The molecule has 8 nitrogen and oxygen atoms in total. The van der Waals surface area contributed by atoms with E-state index < -0.39 is 12.1 Å². The molecule has 232 valence electrons. The van der Waals surface area contributed by atoms with E-state index in [1.807, 2.05) is 61.8 Å². The normalized spacial score (nSPS) is 13.9. The highest BCUT2D eigenvalue weighted by atomic mass is 32.2. The van der Waals surface area contributed by atoms with Crippen LogP contribution in [-0.2, 0) is 6.42 Å². The molecule has 4 rings (SSSR count). The van der Waals surface area contributed by atoms with Crippen LogP contribution in [0.2, 0.25) is 0 Å². The van der Waals surface area contributed by atoms with Crippen molar-refractivity contribution in [2.75, 3.05) is 24.2 Å². The zero-order chi connectivity index (χ0) is 31.6. The summed E-state index contributed by atoms with van der Waals surface area (Å²) in [5.41, 5.74) is 4.67. The molecule has 1 heterocycles. The van der Waals surface area contributed by atoms with Gasteiger partial charge in [-0.3, -0.25) is 9.59 Å². The van der Waals surface area contributed by atoms with E-state index in [4.69, 9.17) is 4.42 Å². The number of rotatable bonds is 14. The molecule has 2 amide bonds. The monoisotopic (exact) mass is 614 g/mol. The molecule has 0 bridgehead atoms. The summed E-state index contributed by atoms with van der Waals surface area (Å²) in [4.78, 5) is 27.1. The number of nitrogens with one attached hydrogen (secondary N) is 3. The number of benzene rings is 3. The van der Waals surface area contributed by atoms with Crippen molar-refractivity contribution in [3.8, 4) is 0 Å². The summed E-state index contributed by atoms with van der Waals surface area (Å²) in [5.74, 6) is -0.0627. The van der Waals surface area contributed by atoms with Gasteiger partial charge in [0.2, 0.25) is 0 Å². The molecule has 0 fully saturated rings. The number of amides is 2. The lowest BCUT2D eigenvalue weighted by atomic mass is 9.99. The lowest BCUT2D eigenvalue weighted by Gasteiger charge is -2.27. The van der Waals surface area contributed by atoms with Crippen LogP contribution in [0.15, 0.2) is 95.6 Å². The van der Waals surface area contributed by atoms with E-state index in [-0.39, 0.29) is 30.4 Å². The van der Waals surface area contributed by atoms with E-state index in [2.05, 4.69) is 47.1 Å². The average Bonchev–Trinajstić information content (AvgIpc) is 3.59. The van der Waals surface area contributed by atoms with Crippen LogP contribution >= 0.6 is 11.9 Å². The van der Waals surface area contributed by atoms with Crippen molar-refractivity contribution in [1.29, 1.82) is 0 Å². The van der Waals surface area contributed by atoms with Gasteiger partial charge in [-0.25, -0.2) is 0 Å². The molecule has 4 aromatic rings. The minimum Gasteiger partial charge on any atom is -0.467 e. The molecule has 0 aliphatic heterocycles. The Morgan fingerprint density at radius 2 is 1.55 bits per heavy atom. The number of aliphatic hydroxyl groups excluding tert-OH is 1. The third-order valence-corrected chi connectivity index (χ3v) is 8.45. The molecule has 1 aromatic heterocycles. The van der Waals surface area contributed by atoms with Gasteiger partial charge in [-0.15, -0.1) is 0 Å². The Morgan fingerprint density at radius 1 is 0.886 bits per heavy atom. The number of aliphatic hydroxyl groups is 1. The first-order valence-corrected chi connectivity index (χ1v) is 15.9. The standard InChI is InChI=1S/C35H42N4O4S/c1-23-13-15-27(16-14-23)24(2)36-22-32(40)31(18-26-10-7-6-8-11-26)38-35(42)29-19-28(20-30(21-29)39(4)44-5)34(41)37-25(3)33-12-9-17-43-33/h6-17,19-21,24-25,31-32,36,40H,18,22H2,1-5H3,(H,37,41)(H,38,42)/t24?,25?,31-,32+/m0/s1. The Hall–Kier alpha value is -4.05. The van der Waals surface area contributed by atoms with Crippen molar-refractivity contribution in [1.82, 2.24) is 16.0 Å². The highest BCUT2D eigenvalue weighted by Crippen LogP contribution is 2.24. The molecule has 0 saturated heterocycles. The SMILES string of the molecule is CSN(C)c1cc(C(=O)NC(C)c2ccco2)cc(C(=O)N[C@@H](Cc2ccccc2)[C@H](O)CNC(C)c2ccc(C)cc2)c1. The molecule has 9 heteroatoms. The van der Waals surface area contributed by atoms with Gasteiger partial charge < -0.3 is 29.8 Å². The lowest BCUT2D eigenvalue weighted by Crippen LogP contribution is -2.49. The lowest BCUT2D eigenvalue weighted by molar-refractivity contribution is 0.0826. The van der Waals surface area contributed by atoms with Crippen LogP contribution in [0, 0.1) is 6.92 Å². The maximum atomic E-state index is 13.8. The Labute approximate surface area is 264 Å². The van der Waals surface area contributed by atoms with Crippen LogP contribution in [0.4, 0.5) is 5.69 Å². The number of hydrogen-bond acceptors (Lipinski definition) is 7. The number of carbonyl (C=O) groups is 2. The number of furan rings is 1. The number of nitrogens with zero attached hydrogens (tertiary/aromatic N) is 1. The molecule has 0 aliphatic rings. The van der Waals surface area contributed by atoms with Gasteiger partial charge >= 0.3 is 0 Å². The molecule has 4 N–H and O–H groups in total. The van der Waals surface area contributed by atoms with Crippen molar-refractivity contribution in [3.05, 3.63) is 125 Å². The van der Waals surface area contributed by atoms with Crippen molar-refractivity contribution in [3.63, 3.8) is 0 Å². The van der Waals surface area contributed by atoms with Crippen LogP contribution in [0.3, 0.4) is 0 Å². The topological polar surface area (TPSA) is 107 Å². The first kappa shape index (κ1) is 32.9. The van der Waals surface area contributed by atoms with Crippen molar-refractivity contribution in [2.45, 2.75) is 51.4 Å². The van der Waals surface area contributed by atoms with Gasteiger partial charge in [0.1, 0.15) is 5.76 Å². The van der Waals surface area contributed by atoms with Crippen molar-refractivity contribution >= 4 is 29.4 Å². The number of hydrogen-bond donors (Lipinski definition) is 4. The molecular formula is C35H42N4O4S. The molecule has 2 unspecified atom stereocenters. The van der Waals surface area contributed by atoms with Gasteiger partial charge in [0.25, 0.3) is 11.8 Å². The molecule has 0 saturated carbocycles. The third kappa shape index (κ3) is 8.98. The molecule has 0 spiro atoms. The molecule has 0 radical (unpaired) electrons. The average molecular weight is 615 g/mol. The first-order chi connectivity index (χ1) is 21.1. The maximum Gasteiger partial charge on any atom is 0.251 e. The second-order valence-corrected chi connectivity index (χ2v) is 11.9. The summed E-state index contributed by atoms with van der Waals surface area (Å²) in [6.07, 6.45) is 3.05. The van der Waals surface area contributed by atoms with Gasteiger partial charge in [0.15, 0.2) is 0 Å². The summed E-state index contributed by atoms with van der Waals surface area (Å²) < 4.78 is 7.32. The van der Waals surface area contributed by atoms with Crippen LogP contribution in [0.1, 0.15) is 69.1 Å². The Bertz CT molecular complexity index is 1500. The second-order valence-electron chi connectivity index (χ2n) is 11.0. The van der Waals surface area contributed by atoms with E-state index >= 15 is 0 Å². The predicted octanol–water partition coefficient (Wildman–Crippen LogP) is 5.85. The summed E-state index contributed by atoms with van der Waals surface area (Å²) in [5, 5.41) is 20.8. The van der Waals surface area contributed by atoms with Crippen molar-refractivity contribution in [2.24, 2.45) is 0 Å². The van der Waals surface area contributed by atoms with E-state index in [0.717, 1.165) is 11.1 Å². The van der Waals surface area contributed by atoms with Crippen LogP contribution in [-0.4, -0.2) is 48.9 Å². The molecule has 3 aromatic carbocycles. The fourth-order valence-corrected chi connectivity index (χ4v) is 5.18. The Morgan fingerprint density at radius 3 is 2.16 bits per heavy atom. The quantitative estimate of drug-likeness (QED) is 0.132. The largest absolute Gasteiger partial charge is 0.467 e. The summed E-state index contributed by atoms with van der Waals surface area (Å²) >= 11 is 1.47. The number of aryl methyl sites for hydroxylation is 1. The number of anilines is 1. The smallest absolute Gasteiger partial charge is 0.251 e. The fourth-order valence-electron chi connectivity index (χ4n) is 4.87. The zero-order valence-electron chi connectivity index (χ0n) is 25.9. The van der Waals surface area contributed by atoms with Gasteiger partial charge in [-0.05, 0) is 68.7 Å². The third-order valence-electron chi connectivity index (χ3n) is 7.69. The fraction of sp³-hybridized carbons (Fsp3) is 0.314. The first-order valence-electron chi connectivity index (χ1n) is 14.7. The second kappa shape index (κ2) is 15.6. The van der Waals surface area contributed by atoms with Gasteiger partial charge in [-0.2, -0.15) is 0 Å². The number of carbonyl (C=O) groups excluding carboxylic acids is 2. The van der Waals surface area contributed by atoms with E-state index in [1.165, 1.54) is 17.5 Å². The summed E-state index contributed by atoms with van der Waals surface area (Å²) in [7, 11) is 1.87. The van der Waals surface area contributed by atoms with Crippen molar-refractivity contribution < 1.29 is 19.1 Å². The van der Waals surface area contributed by atoms with E-state index in [0.29, 0.717) is 29.0 Å². The van der Waals surface area contributed by atoms with Gasteiger partial charge in [0, 0.05) is 42.7 Å². The van der Waals surface area contributed by atoms with Gasteiger partial charge in [-0.1, -0.05) is 72.1 Å². The molecule has 4 atom stereocenters. The molecule has 44 heavy (non-hydrogen) atoms. The highest BCUT2D eigenvalue weighted by Gasteiger charge is 2.25. The van der Waals surface area contributed by atoms with E-state index in [9.17, 15) is 14.7 Å². The Kier molecular flexibility index (Phi) is 11.7. The van der Waals surface area contributed by atoms with Crippen LogP contribution in [0.5, 0.6) is 0 Å². The van der Waals surface area contributed by atoms with Crippen LogP contribution in [0.25, 0.3) is 0 Å². The predicted molar refractivity (Wildman–Crippen MR) is 178 cm³/mol. The minimum absolute atomic E-state index is 0.0155. The summed E-state index contributed by atoms with van der Waals surface area (Å²) in [6, 6.07) is 25.8. The van der Waals surface area contributed by atoms with E-state index in [1.54, 1.807) is 36.6 Å². The van der Waals surface area contributed by atoms with Crippen LogP contribution < -0.4 is 20.3 Å². The molecule has 0 aliphatic carbocycles.